The number of imidazole rings is 2. The Hall–Kier alpha value is -4.88. The SMILES string of the molecule is CN1CCN(c2cccc3[nH]c(C4CCCN4Cc4ccccn4)nc23)CC1.Cc1cccnc1CN1CCCC1c1cn2c(N3CCN(C)CC3)cccc2n1. The van der Waals surface area contributed by atoms with Gasteiger partial charge in [-0.15, -0.1) is 0 Å². The van der Waals surface area contributed by atoms with Gasteiger partial charge in [0.15, 0.2) is 0 Å². The number of fused-ring (bicyclic) bond motifs is 2. The molecule has 12 nitrogen and oxygen atoms in total. The van der Waals surface area contributed by atoms with Crippen molar-refractivity contribution in [2.45, 2.75) is 57.8 Å². The van der Waals surface area contributed by atoms with Crippen molar-refractivity contribution in [1.82, 2.24) is 48.9 Å². The van der Waals surface area contributed by atoms with Gasteiger partial charge < -0.3 is 24.6 Å². The molecule has 0 saturated carbocycles. The molecule has 0 spiro atoms. The Bertz CT molecular complexity index is 2230. The van der Waals surface area contributed by atoms with E-state index in [0.717, 1.165) is 113 Å². The van der Waals surface area contributed by atoms with Crippen molar-refractivity contribution in [3.05, 3.63) is 114 Å². The number of pyridine rings is 3. The Morgan fingerprint density at radius 1 is 0.649 bits per heavy atom. The first-order valence-corrected chi connectivity index (χ1v) is 21.1. The summed E-state index contributed by atoms with van der Waals surface area (Å²) in [7, 11) is 4.39. The molecule has 2 unspecified atom stereocenters. The van der Waals surface area contributed by atoms with Crippen LogP contribution in [0, 0.1) is 6.92 Å². The number of hydrogen-bond acceptors (Lipinski definition) is 10. The van der Waals surface area contributed by atoms with E-state index in [-0.39, 0.29) is 0 Å². The zero-order valence-electron chi connectivity index (χ0n) is 34.0. The number of aromatic nitrogens is 6. The van der Waals surface area contributed by atoms with Crippen molar-refractivity contribution >= 4 is 28.2 Å². The lowest BCUT2D eigenvalue weighted by molar-refractivity contribution is 0.238. The molecule has 10 rings (SSSR count). The van der Waals surface area contributed by atoms with Gasteiger partial charge in [0.2, 0.25) is 0 Å². The van der Waals surface area contributed by atoms with E-state index < -0.39 is 0 Å². The summed E-state index contributed by atoms with van der Waals surface area (Å²) in [6, 6.07) is 24.1. The second-order valence-electron chi connectivity index (χ2n) is 16.5. The molecule has 1 aromatic carbocycles. The van der Waals surface area contributed by atoms with Crippen molar-refractivity contribution in [2.24, 2.45) is 0 Å². The molecule has 1 N–H and O–H groups in total. The molecular formula is C45H58N12. The number of aromatic amines is 1. The molecule has 4 saturated heterocycles. The number of hydrogen-bond donors (Lipinski definition) is 1. The average Bonchev–Trinajstić information content (AvgIpc) is 4.06. The Morgan fingerprint density at radius 2 is 1.37 bits per heavy atom. The maximum Gasteiger partial charge on any atom is 0.138 e. The number of benzene rings is 1. The smallest absolute Gasteiger partial charge is 0.138 e. The van der Waals surface area contributed by atoms with E-state index in [1.54, 1.807) is 0 Å². The summed E-state index contributed by atoms with van der Waals surface area (Å²) >= 11 is 0. The third kappa shape index (κ3) is 8.27. The van der Waals surface area contributed by atoms with Crippen molar-refractivity contribution in [3.63, 3.8) is 0 Å². The molecule has 57 heavy (non-hydrogen) atoms. The van der Waals surface area contributed by atoms with Gasteiger partial charge in [0, 0.05) is 84.0 Å². The van der Waals surface area contributed by atoms with E-state index in [9.17, 15) is 0 Å². The molecule has 0 radical (unpaired) electrons. The number of anilines is 2. The topological polar surface area (TPSA) is 91.2 Å². The normalized spacial score (nSPS) is 21.5. The molecule has 298 valence electrons. The van der Waals surface area contributed by atoms with Gasteiger partial charge in [-0.05, 0) is 108 Å². The fourth-order valence-electron chi connectivity index (χ4n) is 9.22. The Morgan fingerprint density at radius 3 is 2.12 bits per heavy atom. The van der Waals surface area contributed by atoms with E-state index in [1.807, 2.05) is 24.5 Å². The first kappa shape index (κ1) is 37.7. The molecule has 6 aromatic rings. The van der Waals surface area contributed by atoms with Crippen molar-refractivity contribution in [2.75, 3.05) is 89.3 Å². The van der Waals surface area contributed by atoms with Gasteiger partial charge in [0.05, 0.1) is 40.4 Å². The molecule has 0 amide bonds. The first-order valence-electron chi connectivity index (χ1n) is 21.1. The number of nitrogens with one attached hydrogen (secondary N) is 1. The largest absolute Gasteiger partial charge is 0.367 e. The maximum absolute atomic E-state index is 5.11. The first-order chi connectivity index (χ1) is 28.0. The zero-order valence-corrected chi connectivity index (χ0v) is 34.0. The van der Waals surface area contributed by atoms with E-state index in [4.69, 9.17) is 9.97 Å². The summed E-state index contributed by atoms with van der Waals surface area (Å²) in [6.07, 6.45) is 10.8. The standard InChI is InChI=1S/C23H30N6.C22H28N6/c1-18-6-4-10-24-19(18)16-28-11-5-7-21(28)20-17-29-22(25-20)8-3-9-23(29)27-14-12-26(2)13-15-27;1-26-12-14-27(15-13-26)19-8-4-7-18-21(19)25-22(24-18)20-9-5-11-28(20)16-17-6-2-3-10-23-17/h3-4,6,8-10,17,21H,5,7,11-16H2,1-2H3;2-4,6-8,10,20H,5,9,11-16H2,1H3,(H,24,25). The summed E-state index contributed by atoms with van der Waals surface area (Å²) in [5.74, 6) is 2.37. The summed E-state index contributed by atoms with van der Waals surface area (Å²) in [6.45, 7) is 14.8. The van der Waals surface area contributed by atoms with E-state index >= 15 is 0 Å². The van der Waals surface area contributed by atoms with Gasteiger partial charge in [0.25, 0.3) is 0 Å². The van der Waals surface area contributed by atoms with Crippen LogP contribution in [-0.2, 0) is 13.1 Å². The molecule has 4 aliphatic heterocycles. The average molecular weight is 767 g/mol. The third-order valence-electron chi connectivity index (χ3n) is 12.6. The molecule has 12 heteroatoms. The molecular weight excluding hydrogens is 709 g/mol. The summed E-state index contributed by atoms with van der Waals surface area (Å²) in [5, 5.41) is 0. The van der Waals surface area contributed by atoms with Gasteiger partial charge in [0.1, 0.15) is 22.8 Å². The fourth-order valence-corrected chi connectivity index (χ4v) is 9.22. The molecule has 4 aliphatic rings. The second kappa shape index (κ2) is 16.9. The highest BCUT2D eigenvalue weighted by Gasteiger charge is 2.31. The van der Waals surface area contributed by atoms with Gasteiger partial charge in [-0.25, -0.2) is 9.97 Å². The number of rotatable bonds is 8. The Labute approximate surface area is 337 Å². The highest BCUT2D eigenvalue weighted by atomic mass is 15.3. The van der Waals surface area contributed by atoms with Crippen LogP contribution < -0.4 is 9.80 Å². The number of nitrogens with zero attached hydrogens (tertiary/aromatic N) is 11. The fraction of sp³-hybridized carbons (Fsp3) is 0.467. The predicted molar refractivity (Wildman–Crippen MR) is 229 cm³/mol. The van der Waals surface area contributed by atoms with Crippen LogP contribution >= 0.6 is 0 Å². The van der Waals surface area contributed by atoms with Crippen molar-refractivity contribution in [3.8, 4) is 0 Å². The van der Waals surface area contributed by atoms with Crippen molar-refractivity contribution < 1.29 is 0 Å². The van der Waals surface area contributed by atoms with Crippen LogP contribution in [0.5, 0.6) is 0 Å². The number of likely N-dealkylation sites (tertiary alicyclic amines) is 2. The molecule has 9 heterocycles. The quantitative estimate of drug-likeness (QED) is 0.194. The van der Waals surface area contributed by atoms with Crippen LogP contribution in [0.2, 0.25) is 0 Å². The summed E-state index contributed by atoms with van der Waals surface area (Å²) < 4.78 is 2.29. The van der Waals surface area contributed by atoms with Crippen LogP contribution in [0.3, 0.4) is 0 Å². The van der Waals surface area contributed by atoms with Crippen LogP contribution in [0.15, 0.2) is 85.3 Å². The van der Waals surface area contributed by atoms with Gasteiger partial charge in [-0.1, -0.05) is 24.3 Å². The summed E-state index contributed by atoms with van der Waals surface area (Å²) in [4.78, 5) is 37.7. The third-order valence-corrected chi connectivity index (χ3v) is 12.6. The van der Waals surface area contributed by atoms with Gasteiger partial charge in [-0.3, -0.25) is 24.2 Å². The minimum atomic E-state index is 0.342. The Kier molecular flexibility index (Phi) is 11.2. The molecule has 5 aromatic heterocycles. The minimum absolute atomic E-state index is 0.342. The number of piperazine rings is 2. The van der Waals surface area contributed by atoms with E-state index in [2.05, 4.69) is 131 Å². The molecule has 0 bridgehead atoms. The lowest BCUT2D eigenvalue weighted by Gasteiger charge is -2.34. The van der Waals surface area contributed by atoms with Crippen molar-refractivity contribution in [1.29, 1.82) is 0 Å². The number of para-hydroxylation sites is 1. The Balaban J connectivity index is 0.000000148. The number of likely N-dealkylation sites (N-methyl/N-ethyl adjacent to an activating group) is 2. The van der Waals surface area contributed by atoms with Crippen LogP contribution in [0.1, 0.15) is 66.2 Å². The highest BCUT2D eigenvalue weighted by Crippen LogP contribution is 2.36. The van der Waals surface area contributed by atoms with Gasteiger partial charge >= 0.3 is 0 Å². The predicted octanol–water partition coefficient (Wildman–Crippen LogP) is 6.17. The van der Waals surface area contributed by atoms with E-state index in [0.29, 0.717) is 12.1 Å². The molecule has 0 aliphatic carbocycles. The lowest BCUT2D eigenvalue weighted by atomic mass is 10.1. The van der Waals surface area contributed by atoms with Crippen LogP contribution in [0.4, 0.5) is 11.5 Å². The molecule has 2 atom stereocenters. The zero-order chi connectivity index (χ0) is 38.7. The summed E-state index contributed by atoms with van der Waals surface area (Å²) in [5.41, 5.74) is 9.36. The number of H-pyrrole nitrogens is 1. The second-order valence-corrected chi connectivity index (χ2v) is 16.5. The molecule has 4 fully saturated rings. The van der Waals surface area contributed by atoms with Crippen LogP contribution in [-0.4, -0.2) is 128 Å². The maximum atomic E-state index is 5.11. The minimum Gasteiger partial charge on any atom is -0.367 e. The lowest BCUT2D eigenvalue weighted by Crippen LogP contribution is -2.45. The highest BCUT2D eigenvalue weighted by molar-refractivity contribution is 5.89. The van der Waals surface area contributed by atoms with Crippen LogP contribution in [0.25, 0.3) is 16.7 Å². The van der Waals surface area contributed by atoms with E-state index in [1.165, 1.54) is 47.7 Å². The van der Waals surface area contributed by atoms with Gasteiger partial charge in [-0.2, -0.15) is 0 Å². The monoisotopic (exact) mass is 766 g/mol. The number of aryl methyl sites for hydroxylation is 1.